The zero-order chi connectivity index (χ0) is 11.4. The highest BCUT2D eigenvalue weighted by molar-refractivity contribution is 4.88. The minimum absolute atomic E-state index is 0.321. The minimum Gasteiger partial charge on any atom is -0.396 e. The topological polar surface area (TPSA) is 35.5 Å². The van der Waals surface area contributed by atoms with E-state index < -0.39 is 0 Å². The fourth-order valence-corrected chi connectivity index (χ4v) is 2.63. The van der Waals surface area contributed by atoms with E-state index in [2.05, 4.69) is 17.1 Å². The first-order valence-corrected chi connectivity index (χ1v) is 6.88. The molecule has 2 unspecified atom stereocenters. The molecule has 2 fully saturated rings. The molecule has 2 atom stereocenters. The van der Waals surface area contributed by atoms with Crippen LogP contribution in [0.3, 0.4) is 0 Å². The van der Waals surface area contributed by atoms with Crippen molar-refractivity contribution in [1.82, 2.24) is 10.2 Å². The van der Waals surface area contributed by atoms with E-state index in [1.165, 1.54) is 45.2 Å². The van der Waals surface area contributed by atoms with Crippen molar-refractivity contribution in [2.24, 2.45) is 5.92 Å². The van der Waals surface area contributed by atoms with E-state index in [1.54, 1.807) is 0 Å². The van der Waals surface area contributed by atoms with E-state index in [0.29, 0.717) is 18.6 Å². The van der Waals surface area contributed by atoms with Crippen molar-refractivity contribution in [2.45, 2.75) is 51.1 Å². The van der Waals surface area contributed by atoms with Crippen LogP contribution >= 0.6 is 0 Å². The van der Waals surface area contributed by atoms with Crippen molar-refractivity contribution < 1.29 is 5.11 Å². The molecule has 0 amide bonds. The first-order valence-electron chi connectivity index (χ1n) is 6.88. The van der Waals surface area contributed by atoms with Crippen molar-refractivity contribution in [3.05, 3.63) is 0 Å². The summed E-state index contributed by atoms with van der Waals surface area (Å²) in [6, 6.07) is 1.51. The van der Waals surface area contributed by atoms with Gasteiger partial charge in [-0.3, -0.25) is 4.90 Å². The van der Waals surface area contributed by atoms with Crippen LogP contribution in [0.4, 0.5) is 0 Å². The van der Waals surface area contributed by atoms with E-state index in [4.69, 9.17) is 5.11 Å². The Morgan fingerprint density at radius 1 is 1.31 bits per heavy atom. The fourth-order valence-electron chi connectivity index (χ4n) is 2.63. The highest BCUT2D eigenvalue weighted by Gasteiger charge is 2.31. The lowest BCUT2D eigenvalue weighted by Crippen LogP contribution is -2.45. The average molecular weight is 226 g/mol. The molecule has 0 bridgehead atoms. The second-order valence-electron chi connectivity index (χ2n) is 5.62. The lowest BCUT2D eigenvalue weighted by atomic mass is 10.0. The summed E-state index contributed by atoms with van der Waals surface area (Å²) in [6.07, 6.45) is 6.78. The first kappa shape index (κ1) is 12.3. The summed E-state index contributed by atoms with van der Waals surface area (Å²) >= 11 is 0. The number of hydrogen-bond donors (Lipinski definition) is 2. The highest BCUT2D eigenvalue weighted by atomic mass is 16.3. The van der Waals surface area contributed by atoms with E-state index in [-0.39, 0.29) is 0 Å². The molecule has 0 radical (unpaired) electrons. The number of aliphatic hydroxyl groups is 1. The van der Waals surface area contributed by atoms with Crippen molar-refractivity contribution >= 4 is 0 Å². The molecule has 0 aromatic carbocycles. The molecule has 3 heteroatoms. The molecule has 16 heavy (non-hydrogen) atoms. The quantitative estimate of drug-likeness (QED) is 0.715. The Labute approximate surface area is 99.2 Å². The number of aliphatic hydroxyl groups excluding tert-OH is 1. The zero-order valence-corrected chi connectivity index (χ0v) is 10.5. The number of nitrogens with zero attached hydrogens (tertiary/aromatic N) is 1. The van der Waals surface area contributed by atoms with E-state index >= 15 is 0 Å². The molecule has 1 saturated carbocycles. The standard InChI is InChI=1S/C13H26N2O/c1-11(10-16)8-15(13-5-6-13)9-12-4-2-3-7-14-12/h11-14,16H,2-10H2,1H3. The monoisotopic (exact) mass is 226 g/mol. The molecule has 0 spiro atoms. The SMILES string of the molecule is CC(CO)CN(CC1CCCCN1)C1CC1. The molecule has 1 heterocycles. The van der Waals surface area contributed by atoms with Crippen molar-refractivity contribution in [3.8, 4) is 0 Å². The van der Waals surface area contributed by atoms with Gasteiger partial charge in [0, 0.05) is 31.8 Å². The van der Waals surface area contributed by atoms with E-state index in [9.17, 15) is 0 Å². The van der Waals surface area contributed by atoms with Gasteiger partial charge in [-0.05, 0) is 38.1 Å². The Morgan fingerprint density at radius 2 is 2.12 bits per heavy atom. The van der Waals surface area contributed by atoms with E-state index in [1.807, 2.05) is 0 Å². The summed E-state index contributed by atoms with van der Waals surface area (Å²) in [6.45, 7) is 5.91. The summed E-state index contributed by atoms with van der Waals surface area (Å²) < 4.78 is 0. The molecule has 0 aromatic heterocycles. The Balaban J connectivity index is 1.77. The second kappa shape index (κ2) is 5.99. The summed E-state index contributed by atoms with van der Waals surface area (Å²) in [5, 5.41) is 12.8. The molecular weight excluding hydrogens is 200 g/mol. The van der Waals surface area contributed by atoms with Crippen molar-refractivity contribution in [2.75, 3.05) is 26.2 Å². The van der Waals surface area contributed by atoms with Gasteiger partial charge < -0.3 is 10.4 Å². The summed E-state index contributed by atoms with van der Waals surface area (Å²) in [5.74, 6) is 0.421. The van der Waals surface area contributed by atoms with Gasteiger partial charge in [0.25, 0.3) is 0 Å². The minimum atomic E-state index is 0.321. The zero-order valence-electron chi connectivity index (χ0n) is 10.5. The van der Waals surface area contributed by atoms with E-state index in [0.717, 1.165) is 12.6 Å². The number of nitrogens with one attached hydrogen (secondary N) is 1. The predicted octanol–water partition coefficient (Wildman–Crippen LogP) is 1.22. The third kappa shape index (κ3) is 3.72. The Hall–Kier alpha value is -0.120. The Bertz CT molecular complexity index is 200. The normalized spacial score (nSPS) is 28.3. The number of rotatable bonds is 6. The van der Waals surface area contributed by atoms with Crippen LogP contribution in [0.5, 0.6) is 0 Å². The average Bonchev–Trinajstić information content (AvgIpc) is 3.13. The van der Waals surface area contributed by atoms with Gasteiger partial charge in [-0.2, -0.15) is 0 Å². The smallest absolute Gasteiger partial charge is 0.0468 e. The number of piperidine rings is 1. The Morgan fingerprint density at radius 3 is 2.69 bits per heavy atom. The Kier molecular flexibility index (Phi) is 4.62. The summed E-state index contributed by atoms with van der Waals surface area (Å²) in [7, 11) is 0. The molecular formula is C13H26N2O. The number of hydrogen-bond acceptors (Lipinski definition) is 3. The lowest BCUT2D eigenvalue weighted by Gasteiger charge is -2.32. The molecule has 1 aliphatic heterocycles. The lowest BCUT2D eigenvalue weighted by molar-refractivity contribution is 0.151. The van der Waals surface area contributed by atoms with Gasteiger partial charge in [0.2, 0.25) is 0 Å². The van der Waals surface area contributed by atoms with Gasteiger partial charge in [-0.1, -0.05) is 13.3 Å². The van der Waals surface area contributed by atoms with Gasteiger partial charge >= 0.3 is 0 Å². The highest BCUT2D eigenvalue weighted by Crippen LogP contribution is 2.28. The molecule has 3 nitrogen and oxygen atoms in total. The molecule has 94 valence electrons. The molecule has 1 saturated heterocycles. The maximum absolute atomic E-state index is 9.15. The van der Waals surface area contributed by atoms with Crippen LogP contribution in [0.2, 0.25) is 0 Å². The molecule has 2 rings (SSSR count). The molecule has 1 aliphatic carbocycles. The maximum Gasteiger partial charge on any atom is 0.0468 e. The van der Waals surface area contributed by atoms with Gasteiger partial charge in [-0.15, -0.1) is 0 Å². The van der Waals surface area contributed by atoms with Crippen LogP contribution in [0.1, 0.15) is 39.0 Å². The fraction of sp³-hybridized carbons (Fsp3) is 1.00. The van der Waals surface area contributed by atoms with Crippen LogP contribution in [0.25, 0.3) is 0 Å². The molecule has 0 aromatic rings. The van der Waals surface area contributed by atoms with Crippen LogP contribution in [-0.4, -0.2) is 48.3 Å². The van der Waals surface area contributed by atoms with Crippen LogP contribution < -0.4 is 5.32 Å². The third-order valence-electron chi connectivity index (χ3n) is 3.79. The van der Waals surface area contributed by atoms with Crippen LogP contribution in [0.15, 0.2) is 0 Å². The summed E-state index contributed by atoms with van der Waals surface area (Å²) in [5.41, 5.74) is 0. The van der Waals surface area contributed by atoms with Gasteiger partial charge in [0.05, 0.1) is 0 Å². The summed E-state index contributed by atoms with van der Waals surface area (Å²) in [4.78, 5) is 2.60. The van der Waals surface area contributed by atoms with Gasteiger partial charge in [0.1, 0.15) is 0 Å². The molecule has 2 aliphatic rings. The van der Waals surface area contributed by atoms with Crippen LogP contribution in [0, 0.1) is 5.92 Å². The predicted molar refractivity (Wildman–Crippen MR) is 66.5 cm³/mol. The van der Waals surface area contributed by atoms with Crippen molar-refractivity contribution in [3.63, 3.8) is 0 Å². The third-order valence-corrected chi connectivity index (χ3v) is 3.79. The van der Waals surface area contributed by atoms with Gasteiger partial charge in [-0.25, -0.2) is 0 Å². The molecule has 2 N–H and O–H groups in total. The maximum atomic E-state index is 9.15. The van der Waals surface area contributed by atoms with Crippen LogP contribution in [-0.2, 0) is 0 Å². The first-order chi connectivity index (χ1) is 7.79. The second-order valence-corrected chi connectivity index (χ2v) is 5.62. The van der Waals surface area contributed by atoms with Gasteiger partial charge in [0.15, 0.2) is 0 Å². The van der Waals surface area contributed by atoms with Crippen molar-refractivity contribution in [1.29, 1.82) is 0 Å². The largest absolute Gasteiger partial charge is 0.396 e.